The van der Waals surface area contributed by atoms with Gasteiger partial charge in [0.1, 0.15) is 11.5 Å². The lowest BCUT2D eigenvalue weighted by atomic mass is 10.2. The van der Waals surface area contributed by atoms with Crippen LogP contribution in [0.2, 0.25) is 5.02 Å². The number of aromatic nitrogens is 1. The highest BCUT2D eigenvalue weighted by Gasteiger charge is 2.03. The zero-order chi connectivity index (χ0) is 13.7. The van der Waals surface area contributed by atoms with Crippen molar-refractivity contribution >= 4 is 11.6 Å². The van der Waals surface area contributed by atoms with Crippen LogP contribution in [0.1, 0.15) is 18.2 Å². The van der Waals surface area contributed by atoms with Crippen LogP contribution in [0.3, 0.4) is 0 Å². The molecule has 0 bridgehead atoms. The minimum Gasteiger partial charge on any atom is -0.456 e. The molecular weight excluding hydrogens is 260 g/mol. The molecule has 0 aliphatic heterocycles. The van der Waals surface area contributed by atoms with Gasteiger partial charge in [0.15, 0.2) is 0 Å². The van der Waals surface area contributed by atoms with E-state index in [1.807, 2.05) is 37.3 Å². The maximum Gasteiger partial charge on any atom is 0.145 e. The van der Waals surface area contributed by atoms with Crippen molar-refractivity contribution in [1.82, 2.24) is 10.3 Å². The van der Waals surface area contributed by atoms with Crippen LogP contribution in [0, 0.1) is 6.92 Å². The molecule has 0 saturated carbocycles. The molecule has 0 aliphatic rings. The first-order chi connectivity index (χ1) is 9.19. The standard InChI is InChI=1S/C15H17ClN2O/c1-3-17-9-12-5-7-13(8-15(12)16)19-14-6-4-11(2)18-10-14/h4-8,10,17H,3,9H2,1-2H3. The SMILES string of the molecule is CCNCc1ccc(Oc2ccc(C)nc2)cc1Cl. The summed E-state index contributed by atoms with van der Waals surface area (Å²) in [5.74, 6) is 1.43. The van der Waals surface area contributed by atoms with E-state index < -0.39 is 0 Å². The van der Waals surface area contributed by atoms with Gasteiger partial charge < -0.3 is 10.1 Å². The molecule has 0 amide bonds. The van der Waals surface area contributed by atoms with Crippen molar-refractivity contribution in [2.75, 3.05) is 6.54 Å². The number of nitrogens with zero attached hydrogens (tertiary/aromatic N) is 1. The van der Waals surface area contributed by atoms with Crippen molar-refractivity contribution in [1.29, 1.82) is 0 Å². The fraction of sp³-hybridized carbons (Fsp3) is 0.267. The van der Waals surface area contributed by atoms with E-state index in [1.165, 1.54) is 0 Å². The van der Waals surface area contributed by atoms with Crippen molar-refractivity contribution in [2.45, 2.75) is 20.4 Å². The average Bonchev–Trinajstić information content (AvgIpc) is 2.41. The summed E-state index contributed by atoms with van der Waals surface area (Å²) in [5, 5.41) is 3.95. The smallest absolute Gasteiger partial charge is 0.145 e. The number of benzene rings is 1. The predicted molar refractivity (Wildman–Crippen MR) is 77.9 cm³/mol. The Hall–Kier alpha value is -1.58. The Morgan fingerprint density at radius 1 is 1.21 bits per heavy atom. The minimum absolute atomic E-state index is 0.707. The molecular formula is C15H17ClN2O. The number of halogens is 1. The molecule has 0 fully saturated rings. The van der Waals surface area contributed by atoms with Crippen molar-refractivity contribution in [3.8, 4) is 11.5 Å². The third-order valence-corrected chi connectivity index (χ3v) is 3.06. The molecule has 3 nitrogen and oxygen atoms in total. The third kappa shape index (κ3) is 3.94. The molecule has 0 spiro atoms. The zero-order valence-corrected chi connectivity index (χ0v) is 11.9. The summed E-state index contributed by atoms with van der Waals surface area (Å²) in [7, 11) is 0. The van der Waals surface area contributed by atoms with Gasteiger partial charge in [0.25, 0.3) is 0 Å². The van der Waals surface area contributed by atoms with Crippen LogP contribution in [0.15, 0.2) is 36.5 Å². The molecule has 0 saturated heterocycles. The molecule has 1 aromatic heterocycles. The number of hydrogen-bond acceptors (Lipinski definition) is 3. The molecule has 2 aromatic rings. The second-order valence-corrected chi connectivity index (χ2v) is 4.68. The lowest BCUT2D eigenvalue weighted by Gasteiger charge is -2.09. The van der Waals surface area contributed by atoms with Gasteiger partial charge in [0.2, 0.25) is 0 Å². The van der Waals surface area contributed by atoms with Crippen LogP contribution < -0.4 is 10.1 Å². The second kappa shape index (κ2) is 6.55. The summed E-state index contributed by atoms with van der Waals surface area (Å²) in [4.78, 5) is 4.19. The molecule has 0 aliphatic carbocycles. The van der Waals surface area contributed by atoms with Crippen LogP contribution in [0.25, 0.3) is 0 Å². The van der Waals surface area contributed by atoms with Crippen LogP contribution in [0.4, 0.5) is 0 Å². The van der Waals surface area contributed by atoms with E-state index in [4.69, 9.17) is 16.3 Å². The number of rotatable bonds is 5. The number of nitrogens with one attached hydrogen (secondary N) is 1. The topological polar surface area (TPSA) is 34.1 Å². The Morgan fingerprint density at radius 3 is 2.63 bits per heavy atom. The monoisotopic (exact) mass is 276 g/mol. The van der Waals surface area contributed by atoms with E-state index in [0.29, 0.717) is 10.8 Å². The fourth-order valence-electron chi connectivity index (χ4n) is 1.65. The molecule has 2 rings (SSSR count). The number of pyridine rings is 1. The summed E-state index contributed by atoms with van der Waals surface area (Å²) in [6.45, 7) is 5.69. The van der Waals surface area contributed by atoms with Crippen LogP contribution in [-0.2, 0) is 6.54 Å². The minimum atomic E-state index is 0.707. The predicted octanol–water partition coefficient (Wildman–Crippen LogP) is 3.95. The first-order valence-corrected chi connectivity index (χ1v) is 6.66. The van der Waals surface area contributed by atoms with E-state index >= 15 is 0 Å². The van der Waals surface area contributed by atoms with E-state index in [1.54, 1.807) is 6.20 Å². The first kappa shape index (κ1) is 13.8. The highest BCUT2D eigenvalue weighted by Crippen LogP contribution is 2.26. The first-order valence-electron chi connectivity index (χ1n) is 6.28. The summed E-state index contributed by atoms with van der Waals surface area (Å²) >= 11 is 6.22. The highest BCUT2D eigenvalue weighted by molar-refractivity contribution is 6.31. The molecule has 0 atom stereocenters. The van der Waals surface area contributed by atoms with E-state index in [9.17, 15) is 0 Å². The normalized spacial score (nSPS) is 10.5. The summed E-state index contributed by atoms with van der Waals surface area (Å²) in [5.41, 5.74) is 2.03. The van der Waals surface area contributed by atoms with Gasteiger partial charge in [-0.15, -0.1) is 0 Å². The molecule has 100 valence electrons. The Balaban J connectivity index is 2.09. The Labute approximate surface area is 118 Å². The molecule has 1 aromatic carbocycles. The molecule has 1 N–H and O–H groups in total. The number of hydrogen-bond donors (Lipinski definition) is 1. The van der Waals surface area contributed by atoms with Gasteiger partial charge in [-0.3, -0.25) is 4.98 Å². The van der Waals surface area contributed by atoms with Crippen molar-refractivity contribution in [2.24, 2.45) is 0 Å². The van der Waals surface area contributed by atoms with Gasteiger partial charge in [0, 0.05) is 17.3 Å². The summed E-state index contributed by atoms with van der Waals surface area (Å²) in [6, 6.07) is 9.52. The van der Waals surface area contributed by atoms with Gasteiger partial charge in [-0.2, -0.15) is 0 Å². The molecule has 19 heavy (non-hydrogen) atoms. The Kier molecular flexibility index (Phi) is 4.77. The molecule has 1 heterocycles. The highest BCUT2D eigenvalue weighted by atomic mass is 35.5. The van der Waals surface area contributed by atoms with Gasteiger partial charge in [-0.1, -0.05) is 24.6 Å². The second-order valence-electron chi connectivity index (χ2n) is 4.27. The van der Waals surface area contributed by atoms with E-state index in [-0.39, 0.29) is 0 Å². The zero-order valence-electron chi connectivity index (χ0n) is 11.1. The lowest BCUT2D eigenvalue weighted by Crippen LogP contribution is -2.11. The molecule has 4 heteroatoms. The van der Waals surface area contributed by atoms with Crippen molar-refractivity contribution in [3.05, 3.63) is 52.8 Å². The fourth-order valence-corrected chi connectivity index (χ4v) is 1.88. The lowest BCUT2D eigenvalue weighted by molar-refractivity contribution is 0.479. The van der Waals surface area contributed by atoms with E-state index in [2.05, 4.69) is 17.2 Å². The van der Waals surface area contributed by atoms with Crippen LogP contribution >= 0.6 is 11.6 Å². The maximum absolute atomic E-state index is 6.22. The molecule has 0 unspecified atom stereocenters. The average molecular weight is 277 g/mol. The van der Waals surface area contributed by atoms with E-state index in [0.717, 1.165) is 30.1 Å². The largest absolute Gasteiger partial charge is 0.456 e. The third-order valence-electron chi connectivity index (χ3n) is 2.71. The van der Waals surface area contributed by atoms with Crippen molar-refractivity contribution < 1.29 is 4.74 Å². The Bertz CT molecular complexity index is 540. The number of ether oxygens (including phenoxy) is 1. The van der Waals surface area contributed by atoms with Crippen LogP contribution in [-0.4, -0.2) is 11.5 Å². The molecule has 0 radical (unpaired) electrons. The Morgan fingerprint density at radius 2 is 2.00 bits per heavy atom. The van der Waals surface area contributed by atoms with Gasteiger partial charge >= 0.3 is 0 Å². The van der Waals surface area contributed by atoms with Gasteiger partial charge in [0.05, 0.1) is 6.20 Å². The van der Waals surface area contributed by atoms with Gasteiger partial charge in [-0.25, -0.2) is 0 Å². The van der Waals surface area contributed by atoms with Crippen molar-refractivity contribution in [3.63, 3.8) is 0 Å². The number of aryl methyl sites for hydroxylation is 1. The quantitative estimate of drug-likeness (QED) is 0.898. The maximum atomic E-state index is 6.22. The van der Waals surface area contributed by atoms with Gasteiger partial charge in [-0.05, 0) is 43.3 Å². The summed E-state index contributed by atoms with van der Waals surface area (Å²) in [6.07, 6.45) is 1.70. The van der Waals surface area contributed by atoms with Crippen LogP contribution in [0.5, 0.6) is 11.5 Å². The summed E-state index contributed by atoms with van der Waals surface area (Å²) < 4.78 is 5.71.